The Morgan fingerprint density at radius 1 is 0.844 bits per heavy atom. The fourth-order valence-electron chi connectivity index (χ4n) is 5.59. The Bertz CT molecular complexity index is 1370. The number of aromatic nitrogens is 1. The molecular weight excluding hydrogens is 388 g/mol. The first-order valence-electron chi connectivity index (χ1n) is 11.3. The molecule has 2 heteroatoms. The van der Waals surface area contributed by atoms with Crippen molar-refractivity contribution in [3.05, 3.63) is 115 Å². The van der Waals surface area contributed by atoms with E-state index in [0.29, 0.717) is 5.92 Å². The molecule has 0 bridgehead atoms. The number of pyridine rings is 1. The molecule has 0 N–H and O–H groups in total. The summed E-state index contributed by atoms with van der Waals surface area (Å²) in [5.74, 6) is 0.412. The average molecular weight is 415 g/mol. The van der Waals surface area contributed by atoms with Gasteiger partial charge in [0.05, 0.1) is 6.04 Å². The van der Waals surface area contributed by atoms with Crippen LogP contribution in [-0.2, 0) is 5.41 Å². The Kier molecular flexibility index (Phi) is 4.29. The van der Waals surface area contributed by atoms with Gasteiger partial charge in [0.15, 0.2) is 0 Å². The SMILES string of the molecule is CC1(C)c2ccccc2N(c2cccc(-c3cccc4cnccc34)c2)C2C=CC=CC21. The maximum atomic E-state index is 4.30. The van der Waals surface area contributed by atoms with E-state index in [9.17, 15) is 0 Å². The Morgan fingerprint density at radius 3 is 2.62 bits per heavy atom. The van der Waals surface area contributed by atoms with Crippen LogP contribution in [0.3, 0.4) is 0 Å². The van der Waals surface area contributed by atoms with Crippen molar-refractivity contribution in [1.82, 2.24) is 4.98 Å². The lowest BCUT2D eigenvalue weighted by Crippen LogP contribution is -2.49. The molecule has 0 radical (unpaired) electrons. The van der Waals surface area contributed by atoms with Crippen LogP contribution in [0.1, 0.15) is 19.4 Å². The van der Waals surface area contributed by atoms with Crippen LogP contribution in [0.4, 0.5) is 11.4 Å². The number of anilines is 2. The molecule has 0 saturated heterocycles. The second-order valence-electron chi connectivity index (χ2n) is 9.35. The first-order chi connectivity index (χ1) is 15.6. The van der Waals surface area contributed by atoms with Gasteiger partial charge in [-0.15, -0.1) is 0 Å². The van der Waals surface area contributed by atoms with Crippen molar-refractivity contribution in [3.8, 4) is 11.1 Å². The number of benzene rings is 3. The molecule has 2 nitrogen and oxygen atoms in total. The number of hydrogen-bond donors (Lipinski definition) is 0. The van der Waals surface area contributed by atoms with Gasteiger partial charge in [-0.05, 0) is 46.3 Å². The Labute approximate surface area is 189 Å². The van der Waals surface area contributed by atoms with Crippen molar-refractivity contribution >= 4 is 22.1 Å². The summed E-state index contributed by atoms with van der Waals surface area (Å²) in [7, 11) is 0. The maximum Gasteiger partial charge on any atom is 0.0596 e. The zero-order valence-corrected chi connectivity index (χ0v) is 18.4. The van der Waals surface area contributed by atoms with E-state index < -0.39 is 0 Å². The zero-order valence-electron chi connectivity index (χ0n) is 18.4. The lowest BCUT2D eigenvalue weighted by Gasteiger charge is -2.50. The third-order valence-electron chi connectivity index (χ3n) is 7.21. The molecule has 2 aliphatic rings. The summed E-state index contributed by atoms with van der Waals surface area (Å²) in [5.41, 5.74) is 6.48. The molecule has 0 spiro atoms. The van der Waals surface area contributed by atoms with Crippen LogP contribution < -0.4 is 4.90 Å². The minimum Gasteiger partial charge on any atom is -0.334 e. The Balaban J connectivity index is 1.54. The zero-order chi connectivity index (χ0) is 21.7. The Morgan fingerprint density at radius 2 is 1.69 bits per heavy atom. The van der Waals surface area contributed by atoms with Crippen molar-refractivity contribution in [2.45, 2.75) is 25.3 Å². The molecule has 2 atom stereocenters. The van der Waals surface area contributed by atoms with Crippen LogP contribution in [0, 0.1) is 5.92 Å². The minimum atomic E-state index is 0.0687. The highest BCUT2D eigenvalue weighted by Gasteiger charge is 2.44. The molecule has 0 saturated carbocycles. The normalized spacial score (nSPS) is 20.8. The average Bonchev–Trinajstić information content (AvgIpc) is 2.84. The largest absolute Gasteiger partial charge is 0.334 e. The molecule has 1 aliphatic heterocycles. The highest BCUT2D eigenvalue weighted by Crippen LogP contribution is 2.50. The molecule has 32 heavy (non-hydrogen) atoms. The molecule has 4 aromatic rings. The van der Waals surface area contributed by atoms with Crippen LogP contribution in [-0.4, -0.2) is 11.0 Å². The van der Waals surface area contributed by atoms with E-state index >= 15 is 0 Å². The number of allylic oxidation sites excluding steroid dienone is 2. The van der Waals surface area contributed by atoms with Gasteiger partial charge in [-0.25, -0.2) is 0 Å². The summed E-state index contributed by atoms with van der Waals surface area (Å²) >= 11 is 0. The van der Waals surface area contributed by atoms with Crippen LogP contribution in [0.25, 0.3) is 21.9 Å². The lowest BCUT2D eigenvalue weighted by atomic mass is 9.65. The molecule has 0 fully saturated rings. The van der Waals surface area contributed by atoms with Gasteiger partial charge in [0, 0.05) is 40.5 Å². The molecule has 2 heterocycles. The predicted octanol–water partition coefficient (Wildman–Crippen LogP) is 7.44. The lowest BCUT2D eigenvalue weighted by molar-refractivity contribution is 0.332. The Hall–Kier alpha value is -3.65. The molecule has 1 aromatic heterocycles. The summed E-state index contributed by atoms with van der Waals surface area (Å²) in [5, 5.41) is 2.40. The number of rotatable bonds is 2. The first kappa shape index (κ1) is 19.1. The van der Waals surface area contributed by atoms with Gasteiger partial charge >= 0.3 is 0 Å². The number of para-hydroxylation sites is 1. The third-order valence-corrected chi connectivity index (χ3v) is 7.21. The first-order valence-corrected chi connectivity index (χ1v) is 11.3. The van der Waals surface area contributed by atoms with E-state index in [2.05, 4.69) is 121 Å². The van der Waals surface area contributed by atoms with Gasteiger partial charge in [0.25, 0.3) is 0 Å². The van der Waals surface area contributed by atoms with Crippen molar-refractivity contribution in [2.75, 3.05) is 4.90 Å². The number of fused-ring (bicyclic) bond motifs is 3. The molecule has 156 valence electrons. The topological polar surface area (TPSA) is 16.1 Å². The van der Waals surface area contributed by atoms with Gasteiger partial charge < -0.3 is 4.90 Å². The monoisotopic (exact) mass is 414 g/mol. The summed E-state index contributed by atoms with van der Waals surface area (Å²) in [6.07, 6.45) is 13.0. The standard InChI is InChI=1S/C30H26N2/c1-30(2)26-13-3-5-15-28(26)32(29-16-6-4-14-27(29)30)23-11-7-9-21(19-23)24-12-8-10-22-20-31-18-17-25(22)24/h3-20,26,28H,1-2H3. The van der Waals surface area contributed by atoms with E-state index in [1.807, 2.05) is 12.4 Å². The molecule has 6 rings (SSSR count). The van der Waals surface area contributed by atoms with Crippen molar-refractivity contribution in [3.63, 3.8) is 0 Å². The maximum absolute atomic E-state index is 4.30. The number of nitrogens with zero attached hydrogens (tertiary/aromatic N) is 2. The van der Waals surface area contributed by atoms with Crippen LogP contribution in [0.2, 0.25) is 0 Å². The van der Waals surface area contributed by atoms with Gasteiger partial charge in [-0.2, -0.15) is 0 Å². The summed E-state index contributed by atoms with van der Waals surface area (Å²) in [6, 6.07) is 26.7. The van der Waals surface area contributed by atoms with E-state index in [0.717, 1.165) is 0 Å². The summed E-state index contributed by atoms with van der Waals surface area (Å²) < 4.78 is 0. The molecule has 3 aromatic carbocycles. The van der Waals surface area contributed by atoms with Gasteiger partial charge in [0.2, 0.25) is 0 Å². The van der Waals surface area contributed by atoms with Crippen molar-refractivity contribution < 1.29 is 0 Å². The minimum absolute atomic E-state index is 0.0687. The quantitative estimate of drug-likeness (QED) is 0.339. The molecule has 1 aliphatic carbocycles. The second-order valence-corrected chi connectivity index (χ2v) is 9.35. The van der Waals surface area contributed by atoms with E-state index in [4.69, 9.17) is 0 Å². The summed E-state index contributed by atoms with van der Waals surface area (Å²) in [6.45, 7) is 4.76. The number of hydrogen-bond acceptors (Lipinski definition) is 2. The van der Waals surface area contributed by atoms with Gasteiger partial charge in [-0.3, -0.25) is 4.98 Å². The van der Waals surface area contributed by atoms with Gasteiger partial charge in [-0.1, -0.05) is 86.7 Å². The summed E-state index contributed by atoms with van der Waals surface area (Å²) in [4.78, 5) is 6.83. The molecular formula is C30H26N2. The highest BCUT2D eigenvalue weighted by molar-refractivity contribution is 5.96. The van der Waals surface area contributed by atoms with Crippen LogP contribution in [0.15, 0.2) is 109 Å². The van der Waals surface area contributed by atoms with Crippen LogP contribution >= 0.6 is 0 Å². The third kappa shape index (κ3) is 2.83. The smallest absolute Gasteiger partial charge is 0.0596 e. The molecule has 0 amide bonds. The van der Waals surface area contributed by atoms with E-state index in [1.54, 1.807) is 0 Å². The fourth-order valence-corrected chi connectivity index (χ4v) is 5.59. The van der Waals surface area contributed by atoms with Gasteiger partial charge in [0.1, 0.15) is 0 Å². The van der Waals surface area contributed by atoms with E-state index in [-0.39, 0.29) is 11.5 Å². The second kappa shape index (κ2) is 7.20. The van der Waals surface area contributed by atoms with Crippen molar-refractivity contribution in [2.24, 2.45) is 5.92 Å². The van der Waals surface area contributed by atoms with E-state index in [1.165, 1.54) is 38.8 Å². The predicted molar refractivity (Wildman–Crippen MR) is 134 cm³/mol. The van der Waals surface area contributed by atoms with Crippen LogP contribution in [0.5, 0.6) is 0 Å². The highest BCUT2D eigenvalue weighted by atomic mass is 15.2. The molecule has 2 unspecified atom stereocenters. The van der Waals surface area contributed by atoms with Crippen molar-refractivity contribution in [1.29, 1.82) is 0 Å². The fraction of sp³-hybridized carbons (Fsp3) is 0.167.